The van der Waals surface area contributed by atoms with E-state index in [0.717, 1.165) is 4.90 Å². The van der Waals surface area contributed by atoms with Crippen LogP contribution in [0.15, 0.2) is 29.2 Å². The first kappa shape index (κ1) is 10.8. The summed E-state index contributed by atoms with van der Waals surface area (Å²) in [6.07, 6.45) is 1.62. The van der Waals surface area contributed by atoms with E-state index >= 15 is 0 Å². The SMILES string of the molecule is CS(=O)c1ccc(C(=O)CI)cc1. The van der Waals surface area contributed by atoms with Crippen molar-refractivity contribution in [1.82, 2.24) is 0 Å². The number of carbonyl (C=O) groups is 1. The Morgan fingerprint density at radius 3 is 2.31 bits per heavy atom. The molecule has 0 saturated heterocycles. The Balaban J connectivity index is 2.93. The van der Waals surface area contributed by atoms with Crippen LogP contribution in [0.3, 0.4) is 0 Å². The summed E-state index contributed by atoms with van der Waals surface area (Å²) in [6, 6.07) is 6.90. The van der Waals surface area contributed by atoms with E-state index in [0.29, 0.717) is 9.99 Å². The maximum Gasteiger partial charge on any atom is 0.172 e. The molecule has 1 unspecified atom stereocenters. The normalized spacial score (nSPS) is 12.5. The Bertz CT molecular complexity index is 332. The van der Waals surface area contributed by atoms with Crippen LogP contribution >= 0.6 is 22.6 Å². The minimum Gasteiger partial charge on any atom is -0.293 e. The summed E-state index contributed by atoms with van der Waals surface area (Å²) in [6.45, 7) is 0. The second-order valence-electron chi connectivity index (χ2n) is 2.54. The Kier molecular flexibility index (Phi) is 4.05. The van der Waals surface area contributed by atoms with Crippen LogP contribution in [0.5, 0.6) is 0 Å². The van der Waals surface area contributed by atoms with Crippen LogP contribution < -0.4 is 0 Å². The second kappa shape index (κ2) is 4.85. The molecule has 0 heterocycles. The average molecular weight is 308 g/mol. The number of Topliss-reactive ketones (excluding diaryl/α,β-unsaturated/α-hetero) is 1. The van der Waals surface area contributed by atoms with Crippen molar-refractivity contribution < 1.29 is 9.00 Å². The van der Waals surface area contributed by atoms with Crippen molar-refractivity contribution in [3.8, 4) is 0 Å². The molecule has 0 saturated carbocycles. The summed E-state index contributed by atoms with van der Waals surface area (Å²) in [7, 11) is -0.966. The first-order chi connectivity index (χ1) is 6.15. The van der Waals surface area contributed by atoms with Crippen molar-refractivity contribution in [2.24, 2.45) is 0 Å². The highest BCUT2D eigenvalue weighted by atomic mass is 127. The van der Waals surface area contributed by atoms with Crippen LogP contribution in [0.2, 0.25) is 0 Å². The number of benzene rings is 1. The van der Waals surface area contributed by atoms with E-state index in [1.807, 2.05) is 22.6 Å². The number of ketones is 1. The third-order valence-electron chi connectivity index (χ3n) is 1.63. The molecule has 4 heteroatoms. The van der Waals surface area contributed by atoms with E-state index in [2.05, 4.69) is 0 Å². The van der Waals surface area contributed by atoms with Gasteiger partial charge in [0.05, 0.1) is 4.43 Å². The van der Waals surface area contributed by atoms with Crippen molar-refractivity contribution in [2.45, 2.75) is 4.90 Å². The molecule has 0 aliphatic rings. The zero-order valence-corrected chi connectivity index (χ0v) is 10.1. The number of alkyl halides is 1. The van der Waals surface area contributed by atoms with Crippen LogP contribution in [0.1, 0.15) is 10.4 Å². The molecule has 0 aliphatic carbocycles. The number of hydrogen-bond donors (Lipinski definition) is 0. The van der Waals surface area contributed by atoms with Crippen LogP contribution in [-0.4, -0.2) is 20.7 Å². The highest BCUT2D eigenvalue weighted by Gasteiger charge is 2.03. The third kappa shape index (κ3) is 2.87. The van der Waals surface area contributed by atoms with Crippen LogP contribution in [-0.2, 0) is 10.8 Å². The third-order valence-corrected chi connectivity index (χ3v) is 3.26. The van der Waals surface area contributed by atoms with Gasteiger partial charge in [0.1, 0.15) is 0 Å². The smallest absolute Gasteiger partial charge is 0.172 e. The van der Waals surface area contributed by atoms with Crippen molar-refractivity contribution in [2.75, 3.05) is 10.7 Å². The molecular formula is C9H9IO2S. The molecule has 0 aromatic heterocycles. The molecule has 0 radical (unpaired) electrons. The Morgan fingerprint density at radius 2 is 1.92 bits per heavy atom. The van der Waals surface area contributed by atoms with E-state index < -0.39 is 10.8 Å². The lowest BCUT2D eigenvalue weighted by molar-refractivity contribution is 0.102. The fourth-order valence-corrected chi connectivity index (χ4v) is 1.87. The molecule has 0 spiro atoms. The molecule has 0 N–H and O–H groups in total. The van der Waals surface area contributed by atoms with E-state index in [-0.39, 0.29) is 5.78 Å². The Hall–Kier alpha value is -0.230. The molecule has 2 nitrogen and oxygen atoms in total. The van der Waals surface area contributed by atoms with Crippen molar-refractivity contribution in [3.63, 3.8) is 0 Å². The van der Waals surface area contributed by atoms with Gasteiger partial charge in [0.15, 0.2) is 5.78 Å². The van der Waals surface area contributed by atoms with Crippen LogP contribution in [0, 0.1) is 0 Å². The maximum atomic E-state index is 11.2. The molecule has 0 fully saturated rings. The summed E-state index contributed by atoms with van der Waals surface area (Å²) in [4.78, 5) is 12.0. The largest absolute Gasteiger partial charge is 0.293 e. The summed E-state index contributed by atoms with van der Waals surface area (Å²) in [5.74, 6) is 0.106. The van der Waals surface area contributed by atoms with Crippen molar-refractivity contribution in [3.05, 3.63) is 29.8 Å². The lowest BCUT2D eigenvalue weighted by Crippen LogP contribution is -1.99. The number of hydrogen-bond acceptors (Lipinski definition) is 2. The molecule has 70 valence electrons. The molecule has 0 bridgehead atoms. The minimum atomic E-state index is -0.966. The highest BCUT2D eigenvalue weighted by Crippen LogP contribution is 2.08. The van der Waals surface area contributed by atoms with E-state index in [1.165, 1.54) is 0 Å². The summed E-state index contributed by atoms with van der Waals surface area (Å²) in [5, 5.41) is 0. The van der Waals surface area contributed by atoms with Crippen LogP contribution in [0.25, 0.3) is 0 Å². The monoisotopic (exact) mass is 308 g/mol. The fraction of sp³-hybridized carbons (Fsp3) is 0.222. The van der Waals surface area contributed by atoms with Gasteiger partial charge in [0.2, 0.25) is 0 Å². The fourth-order valence-electron chi connectivity index (χ4n) is 0.910. The van der Waals surface area contributed by atoms with Gasteiger partial charge in [-0.15, -0.1) is 0 Å². The van der Waals surface area contributed by atoms with Gasteiger partial charge in [-0.1, -0.05) is 34.7 Å². The molecular weight excluding hydrogens is 299 g/mol. The maximum absolute atomic E-state index is 11.2. The van der Waals surface area contributed by atoms with Gasteiger partial charge in [0, 0.05) is 27.5 Å². The number of carbonyl (C=O) groups excluding carboxylic acids is 1. The van der Waals surface area contributed by atoms with Crippen molar-refractivity contribution in [1.29, 1.82) is 0 Å². The molecule has 0 amide bonds. The summed E-state index contributed by atoms with van der Waals surface area (Å²) >= 11 is 2.03. The molecule has 1 atom stereocenters. The highest BCUT2D eigenvalue weighted by molar-refractivity contribution is 14.1. The molecule has 1 rings (SSSR count). The standard InChI is InChI=1S/C9H9IO2S/c1-13(12)8-4-2-7(3-5-8)9(11)6-10/h2-5H,6H2,1H3. The predicted octanol–water partition coefficient (Wildman–Crippen LogP) is 2.04. The number of halogens is 1. The van der Waals surface area contributed by atoms with Gasteiger partial charge < -0.3 is 0 Å². The Morgan fingerprint density at radius 1 is 1.38 bits per heavy atom. The first-order valence-electron chi connectivity index (χ1n) is 3.68. The van der Waals surface area contributed by atoms with Gasteiger partial charge in [-0.2, -0.15) is 0 Å². The molecule has 1 aromatic carbocycles. The topological polar surface area (TPSA) is 34.1 Å². The van der Waals surface area contributed by atoms with E-state index in [1.54, 1.807) is 30.5 Å². The van der Waals surface area contributed by atoms with Gasteiger partial charge in [-0.3, -0.25) is 9.00 Å². The average Bonchev–Trinajstić information content (AvgIpc) is 2.17. The molecule has 1 aromatic rings. The van der Waals surface area contributed by atoms with Crippen LogP contribution in [0.4, 0.5) is 0 Å². The predicted molar refractivity (Wildman–Crippen MR) is 62.0 cm³/mol. The van der Waals surface area contributed by atoms with Gasteiger partial charge in [0.25, 0.3) is 0 Å². The summed E-state index contributed by atoms with van der Waals surface area (Å²) in [5.41, 5.74) is 0.684. The minimum absolute atomic E-state index is 0.106. The lowest BCUT2D eigenvalue weighted by Gasteiger charge is -1.98. The molecule has 13 heavy (non-hydrogen) atoms. The first-order valence-corrected chi connectivity index (χ1v) is 6.76. The molecule has 0 aliphatic heterocycles. The van der Waals surface area contributed by atoms with E-state index in [9.17, 15) is 9.00 Å². The van der Waals surface area contributed by atoms with E-state index in [4.69, 9.17) is 0 Å². The second-order valence-corrected chi connectivity index (χ2v) is 4.68. The van der Waals surface area contributed by atoms with Crippen molar-refractivity contribution >= 4 is 39.2 Å². The quantitative estimate of drug-likeness (QED) is 0.486. The zero-order chi connectivity index (χ0) is 9.84. The lowest BCUT2D eigenvalue weighted by atomic mass is 10.2. The summed E-state index contributed by atoms with van der Waals surface area (Å²) < 4.78 is 11.5. The van der Waals surface area contributed by atoms with Gasteiger partial charge >= 0.3 is 0 Å². The van der Waals surface area contributed by atoms with Gasteiger partial charge in [-0.05, 0) is 12.1 Å². The Labute approximate surface area is 93.3 Å². The zero-order valence-electron chi connectivity index (χ0n) is 7.12. The van der Waals surface area contributed by atoms with Gasteiger partial charge in [-0.25, -0.2) is 0 Å². The number of rotatable bonds is 3.